The van der Waals surface area contributed by atoms with E-state index in [1.807, 2.05) is 13.8 Å². The molecule has 21 heavy (non-hydrogen) atoms. The average molecular weight is 298 g/mol. The monoisotopic (exact) mass is 298 g/mol. The summed E-state index contributed by atoms with van der Waals surface area (Å²) in [5.74, 6) is -0.240. The van der Waals surface area contributed by atoms with E-state index in [4.69, 9.17) is 15.2 Å². The maximum atomic E-state index is 12.9. The first-order valence-electron chi connectivity index (χ1n) is 7.56. The van der Waals surface area contributed by atoms with Gasteiger partial charge in [-0.25, -0.2) is 4.39 Å². The minimum Gasteiger partial charge on any atom is -0.380 e. The Morgan fingerprint density at radius 2 is 1.57 bits per heavy atom. The topological polar surface area (TPSA) is 47.7 Å². The number of halogens is 1. The molecule has 0 aliphatic rings. The van der Waals surface area contributed by atoms with Gasteiger partial charge in [0, 0.05) is 38.9 Å². The lowest BCUT2D eigenvalue weighted by molar-refractivity contribution is 0.0802. The summed E-state index contributed by atoms with van der Waals surface area (Å²) < 4.78 is 23.7. The molecule has 2 N–H and O–H groups in total. The fourth-order valence-electron chi connectivity index (χ4n) is 2.06. The lowest BCUT2D eigenvalue weighted by Crippen LogP contribution is -2.37. The fraction of sp³-hybridized carbons (Fsp3) is 0.625. The van der Waals surface area contributed by atoms with Crippen molar-refractivity contribution in [1.29, 1.82) is 0 Å². The molecule has 0 spiro atoms. The predicted molar refractivity (Wildman–Crippen MR) is 82.8 cm³/mol. The third-order valence-electron chi connectivity index (χ3n) is 3.27. The van der Waals surface area contributed by atoms with Gasteiger partial charge < -0.3 is 15.2 Å². The number of hydrogen-bond acceptors (Lipinski definition) is 4. The van der Waals surface area contributed by atoms with E-state index in [9.17, 15) is 4.39 Å². The van der Waals surface area contributed by atoms with Gasteiger partial charge in [0.15, 0.2) is 0 Å². The van der Waals surface area contributed by atoms with E-state index >= 15 is 0 Å². The number of rotatable bonds is 11. The number of nitrogens with two attached hydrogens (primary N) is 1. The zero-order valence-electron chi connectivity index (χ0n) is 13.1. The van der Waals surface area contributed by atoms with Gasteiger partial charge in [0.1, 0.15) is 5.82 Å². The van der Waals surface area contributed by atoms with Crippen molar-refractivity contribution in [3.8, 4) is 0 Å². The Morgan fingerprint density at radius 3 is 2.05 bits per heavy atom. The molecule has 0 aromatic heterocycles. The normalized spacial score (nSPS) is 12.8. The second-order valence-corrected chi connectivity index (χ2v) is 4.85. The summed E-state index contributed by atoms with van der Waals surface area (Å²) in [6, 6.07) is 6.22. The molecule has 0 aliphatic carbocycles. The van der Waals surface area contributed by atoms with Crippen molar-refractivity contribution >= 4 is 0 Å². The molecule has 0 heterocycles. The van der Waals surface area contributed by atoms with Crippen LogP contribution in [0.4, 0.5) is 4.39 Å². The Balaban J connectivity index is 2.49. The molecule has 5 heteroatoms. The van der Waals surface area contributed by atoms with Gasteiger partial charge in [-0.05, 0) is 31.5 Å². The molecule has 1 atom stereocenters. The van der Waals surface area contributed by atoms with Crippen LogP contribution in [0.5, 0.6) is 0 Å². The Hall–Kier alpha value is -1.01. The van der Waals surface area contributed by atoms with Crippen LogP contribution in [-0.4, -0.2) is 51.0 Å². The van der Waals surface area contributed by atoms with Crippen LogP contribution in [0, 0.1) is 5.82 Å². The summed E-state index contributed by atoms with van der Waals surface area (Å²) in [6.45, 7) is 9.07. The third-order valence-corrected chi connectivity index (χ3v) is 3.27. The van der Waals surface area contributed by atoms with Crippen molar-refractivity contribution in [3.05, 3.63) is 35.6 Å². The first kappa shape index (κ1) is 18.0. The summed E-state index contributed by atoms with van der Waals surface area (Å²) in [7, 11) is 0. The predicted octanol–water partition coefficient (Wildman–Crippen LogP) is 2.20. The maximum absolute atomic E-state index is 12.9. The third kappa shape index (κ3) is 7.52. The summed E-state index contributed by atoms with van der Waals surface area (Å²) in [5.41, 5.74) is 7.15. The minimum atomic E-state index is -0.240. The van der Waals surface area contributed by atoms with Gasteiger partial charge in [-0.1, -0.05) is 12.1 Å². The van der Waals surface area contributed by atoms with E-state index < -0.39 is 0 Å². The van der Waals surface area contributed by atoms with Gasteiger partial charge >= 0.3 is 0 Å². The molecular formula is C16H27FN2O2. The van der Waals surface area contributed by atoms with Crippen molar-refractivity contribution in [2.24, 2.45) is 5.73 Å². The van der Waals surface area contributed by atoms with Crippen LogP contribution in [0.1, 0.15) is 25.5 Å². The van der Waals surface area contributed by atoms with Crippen molar-refractivity contribution in [1.82, 2.24) is 4.90 Å². The van der Waals surface area contributed by atoms with E-state index in [0.717, 1.165) is 18.7 Å². The summed E-state index contributed by atoms with van der Waals surface area (Å²) in [6.07, 6.45) is 0. The number of nitrogens with zero attached hydrogens (tertiary/aromatic N) is 1. The highest BCUT2D eigenvalue weighted by Gasteiger charge is 2.12. The van der Waals surface area contributed by atoms with Gasteiger partial charge in [0.25, 0.3) is 0 Å². The second kappa shape index (κ2) is 10.7. The number of ether oxygens (including phenoxy) is 2. The largest absolute Gasteiger partial charge is 0.380 e. The summed E-state index contributed by atoms with van der Waals surface area (Å²) >= 11 is 0. The molecule has 120 valence electrons. The molecule has 0 bridgehead atoms. The SMILES string of the molecule is CCOCCN(CCOCC)CC(N)c1ccc(F)cc1. The molecular weight excluding hydrogens is 271 g/mol. The van der Waals surface area contributed by atoms with Crippen LogP contribution in [-0.2, 0) is 9.47 Å². The first-order valence-corrected chi connectivity index (χ1v) is 7.56. The fourth-order valence-corrected chi connectivity index (χ4v) is 2.06. The summed E-state index contributed by atoms with van der Waals surface area (Å²) in [5, 5.41) is 0. The summed E-state index contributed by atoms with van der Waals surface area (Å²) in [4.78, 5) is 2.22. The molecule has 0 aliphatic heterocycles. The minimum absolute atomic E-state index is 0.145. The first-order chi connectivity index (χ1) is 10.2. The average Bonchev–Trinajstić information content (AvgIpc) is 2.48. The van der Waals surface area contributed by atoms with Gasteiger partial charge in [-0.15, -0.1) is 0 Å². The quantitative estimate of drug-likeness (QED) is 0.636. The molecule has 1 aromatic rings. The van der Waals surface area contributed by atoms with E-state index in [1.165, 1.54) is 12.1 Å². The Bertz CT molecular complexity index is 363. The smallest absolute Gasteiger partial charge is 0.123 e. The van der Waals surface area contributed by atoms with Gasteiger partial charge in [-0.3, -0.25) is 4.90 Å². The molecule has 0 saturated heterocycles. The number of benzene rings is 1. The second-order valence-electron chi connectivity index (χ2n) is 4.85. The molecule has 4 nitrogen and oxygen atoms in total. The van der Waals surface area contributed by atoms with E-state index in [-0.39, 0.29) is 11.9 Å². The van der Waals surface area contributed by atoms with Crippen molar-refractivity contribution in [3.63, 3.8) is 0 Å². The molecule has 0 radical (unpaired) electrons. The molecule has 1 rings (SSSR count). The van der Waals surface area contributed by atoms with Gasteiger partial charge in [0.05, 0.1) is 13.2 Å². The van der Waals surface area contributed by atoms with Crippen LogP contribution in [0.15, 0.2) is 24.3 Å². The van der Waals surface area contributed by atoms with Crippen LogP contribution in [0.2, 0.25) is 0 Å². The van der Waals surface area contributed by atoms with Crippen LogP contribution in [0.25, 0.3) is 0 Å². The molecule has 0 fully saturated rings. The van der Waals surface area contributed by atoms with E-state index in [0.29, 0.717) is 33.0 Å². The lowest BCUT2D eigenvalue weighted by atomic mass is 10.1. The molecule has 1 aromatic carbocycles. The molecule has 0 saturated carbocycles. The Kier molecular flexibility index (Phi) is 9.17. The van der Waals surface area contributed by atoms with E-state index in [2.05, 4.69) is 4.90 Å². The van der Waals surface area contributed by atoms with Crippen molar-refractivity contribution in [2.75, 3.05) is 46.1 Å². The van der Waals surface area contributed by atoms with Crippen molar-refractivity contribution in [2.45, 2.75) is 19.9 Å². The zero-order chi connectivity index (χ0) is 15.5. The van der Waals surface area contributed by atoms with Crippen molar-refractivity contribution < 1.29 is 13.9 Å². The number of hydrogen-bond donors (Lipinski definition) is 1. The highest BCUT2D eigenvalue weighted by molar-refractivity contribution is 5.19. The van der Waals surface area contributed by atoms with Crippen LogP contribution < -0.4 is 5.73 Å². The Labute approximate surface area is 127 Å². The Morgan fingerprint density at radius 1 is 1.05 bits per heavy atom. The van der Waals surface area contributed by atoms with Gasteiger partial charge in [-0.2, -0.15) is 0 Å². The maximum Gasteiger partial charge on any atom is 0.123 e. The van der Waals surface area contributed by atoms with Crippen LogP contribution >= 0.6 is 0 Å². The molecule has 0 amide bonds. The highest BCUT2D eigenvalue weighted by Crippen LogP contribution is 2.12. The van der Waals surface area contributed by atoms with Crippen LogP contribution in [0.3, 0.4) is 0 Å². The standard InChI is InChI=1S/C16H27FN2O2/c1-3-20-11-9-19(10-12-21-4-2)13-16(18)14-5-7-15(17)8-6-14/h5-8,16H,3-4,9-13,18H2,1-2H3. The lowest BCUT2D eigenvalue weighted by Gasteiger charge is -2.25. The highest BCUT2D eigenvalue weighted by atomic mass is 19.1. The molecule has 1 unspecified atom stereocenters. The zero-order valence-corrected chi connectivity index (χ0v) is 13.1. The van der Waals surface area contributed by atoms with Gasteiger partial charge in [0.2, 0.25) is 0 Å². The van der Waals surface area contributed by atoms with E-state index in [1.54, 1.807) is 12.1 Å².